The summed E-state index contributed by atoms with van der Waals surface area (Å²) in [5.41, 5.74) is 2.81. The van der Waals surface area contributed by atoms with E-state index in [1.807, 2.05) is 18.2 Å². The molecule has 0 saturated carbocycles. The molecule has 2 aromatic heterocycles. The third-order valence-corrected chi connectivity index (χ3v) is 8.85. The molecule has 200 valence electrons. The van der Waals surface area contributed by atoms with Crippen LogP contribution < -0.4 is 9.64 Å². The van der Waals surface area contributed by atoms with Crippen molar-refractivity contribution in [2.24, 2.45) is 0 Å². The number of allylic oxidation sites excluding steroid dienone is 1. The number of fused-ring (bicyclic) bond motifs is 3. The number of hydrogen-bond donors (Lipinski definition) is 0. The zero-order valence-corrected chi connectivity index (χ0v) is 21.8. The highest BCUT2D eigenvalue weighted by atomic mass is 19.1. The Bertz CT molecular complexity index is 1530. The van der Waals surface area contributed by atoms with Gasteiger partial charge in [0.05, 0.1) is 22.6 Å². The first-order valence-electron chi connectivity index (χ1n) is 13.9. The first-order chi connectivity index (χ1) is 19.1. The molecular formula is C30H30F2N6O. The van der Waals surface area contributed by atoms with Crippen LogP contribution in [0, 0.1) is 17.1 Å². The van der Waals surface area contributed by atoms with Crippen LogP contribution in [0.3, 0.4) is 0 Å². The summed E-state index contributed by atoms with van der Waals surface area (Å²) >= 11 is 0. The molecule has 5 heterocycles. The highest BCUT2D eigenvalue weighted by molar-refractivity contribution is 5.94. The minimum atomic E-state index is -0.859. The van der Waals surface area contributed by atoms with Gasteiger partial charge >= 0.3 is 6.01 Å². The molecule has 0 radical (unpaired) electrons. The summed E-state index contributed by atoms with van der Waals surface area (Å²) in [5.74, 6) is 0.0805. The average molecular weight is 529 g/mol. The monoisotopic (exact) mass is 528 g/mol. The Balaban J connectivity index is 1.31. The van der Waals surface area contributed by atoms with Gasteiger partial charge in [-0.2, -0.15) is 15.2 Å². The number of ether oxygens (including phenoxy) is 1. The molecule has 1 aliphatic carbocycles. The third-order valence-electron chi connectivity index (χ3n) is 8.85. The largest absolute Gasteiger partial charge is 0.461 e. The Morgan fingerprint density at radius 3 is 2.85 bits per heavy atom. The van der Waals surface area contributed by atoms with Gasteiger partial charge in [0, 0.05) is 43.4 Å². The van der Waals surface area contributed by atoms with E-state index in [9.17, 15) is 9.65 Å². The summed E-state index contributed by atoms with van der Waals surface area (Å²) in [6, 6.07) is 7.90. The Kier molecular flexibility index (Phi) is 5.96. The van der Waals surface area contributed by atoms with E-state index in [2.05, 4.69) is 25.8 Å². The van der Waals surface area contributed by atoms with Crippen LogP contribution in [0.25, 0.3) is 16.5 Å². The van der Waals surface area contributed by atoms with Gasteiger partial charge in [0.2, 0.25) is 0 Å². The summed E-state index contributed by atoms with van der Waals surface area (Å²) in [6.07, 6.45) is 8.88. The Morgan fingerprint density at radius 2 is 2.00 bits per heavy atom. The van der Waals surface area contributed by atoms with Crippen molar-refractivity contribution >= 4 is 22.3 Å². The minimum Gasteiger partial charge on any atom is -0.461 e. The number of benzene rings is 1. The molecular weight excluding hydrogens is 498 g/mol. The van der Waals surface area contributed by atoms with E-state index in [-0.39, 0.29) is 29.4 Å². The maximum Gasteiger partial charge on any atom is 0.319 e. The number of rotatable bonds is 5. The Hall–Kier alpha value is -3.64. The van der Waals surface area contributed by atoms with Crippen molar-refractivity contribution < 1.29 is 13.5 Å². The van der Waals surface area contributed by atoms with Gasteiger partial charge in [-0.15, -0.1) is 0 Å². The molecule has 0 amide bonds. The predicted octanol–water partition coefficient (Wildman–Crippen LogP) is 4.97. The van der Waals surface area contributed by atoms with Gasteiger partial charge < -0.3 is 9.64 Å². The lowest BCUT2D eigenvalue weighted by atomic mass is 9.95. The van der Waals surface area contributed by atoms with Gasteiger partial charge in [-0.3, -0.25) is 9.88 Å². The van der Waals surface area contributed by atoms with Crippen molar-refractivity contribution in [1.82, 2.24) is 19.9 Å². The molecule has 4 aliphatic rings. The molecule has 7 rings (SSSR count). The number of pyridine rings is 1. The van der Waals surface area contributed by atoms with Crippen molar-refractivity contribution in [3.8, 4) is 12.1 Å². The first kappa shape index (κ1) is 24.4. The molecule has 3 aliphatic heterocycles. The number of aromatic nitrogens is 3. The summed E-state index contributed by atoms with van der Waals surface area (Å²) < 4.78 is 36.9. The van der Waals surface area contributed by atoms with E-state index >= 15 is 4.39 Å². The summed E-state index contributed by atoms with van der Waals surface area (Å²) in [6.45, 7) is 3.22. The van der Waals surface area contributed by atoms with Crippen molar-refractivity contribution in [2.75, 3.05) is 37.7 Å². The lowest BCUT2D eigenvalue weighted by Gasteiger charge is -2.31. The van der Waals surface area contributed by atoms with E-state index in [1.54, 1.807) is 12.3 Å². The third kappa shape index (κ3) is 4.04. The SMILES string of the molecule is N#Cc1cccc2c1C(c1ncc3c(N4CCCCC4)nc(OC[C@@]45CCCN4C[C@H](F)C5)nc3c1F)=CC2. The van der Waals surface area contributed by atoms with Gasteiger partial charge in [0.25, 0.3) is 0 Å². The molecule has 0 bridgehead atoms. The lowest BCUT2D eigenvalue weighted by molar-refractivity contribution is 0.107. The molecule has 1 aromatic carbocycles. The molecule has 0 N–H and O–H groups in total. The van der Waals surface area contributed by atoms with Crippen molar-refractivity contribution in [3.63, 3.8) is 0 Å². The second-order valence-corrected chi connectivity index (χ2v) is 11.2. The van der Waals surface area contributed by atoms with Gasteiger partial charge in [-0.25, -0.2) is 8.78 Å². The number of halogens is 2. The van der Waals surface area contributed by atoms with E-state index in [0.29, 0.717) is 41.7 Å². The first-order valence-corrected chi connectivity index (χ1v) is 13.9. The number of alkyl halides is 1. The Labute approximate surface area is 226 Å². The molecule has 3 saturated heterocycles. The van der Waals surface area contributed by atoms with Crippen LogP contribution in [0.2, 0.25) is 0 Å². The summed E-state index contributed by atoms with van der Waals surface area (Å²) in [7, 11) is 0. The van der Waals surface area contributed by atoms with Crippen LogP contribution in [-0.4, -0.2) is 64.3 Å². The summed E-state index contributed by atoms with van der Waals surface area (Å²) in [4.78, 5) is 18.2. The number of piperidine rings is 1. The standard InChI is InChI=1S/C30H30F2N6O/c31-21-14-30(10-5-13-38(30)17-21)18-39-29-35-27-23(28(36-29)37-11-2-1-3-12-37)16-34-26(25(27)32)22-9-8-19-6-4-7-20(15-33)24(19)22/h4,6-7,9,16,21H,1-3,5,8,10-14,17-18H2/t21-,30+/m1/s1. The van der Waals surface area contributed by atoms with Crippen molar-refractivity contribution in [1.29, 1.82) is 5.26 Å². The number of anilines is 1. The molecule has 0 unspecified atom stereocenters. The lowest BCUT2D eigenvalue weighted by Crippen LogP contribution is -2.43. The maximum absolute atomic E-state index is 16.4. The molecule has 3 aromatic rings. The second-order valence-electron chi connectivity index (χ2n) is 11.2. The predicted molar refractivity (Wildman–Crippen MR) is 144 cm³/mol. The molecule has 2 atom stereocenters. The van der Waals surface area contributed by atoms with E-state index < -0.39 is 12.0 Å². The van der Waals surface area contributed by atoms with E-state index in [0.717, 1.165) is 62.9 Å². The van der Waals surface area contributed by atoms with Crippen LogP contribution in [0.5, 0.6) is 6.01 Å². The van der Waals surface area contributed by atoms with E-state index in [1.165, 1.54) is 0 Å². The molecule has 39 heavy (non-hydrogen) atoms. The van der Waals surface area contributed by atoms with Crippen LogP contribution in [0.4, 0.5) is 14.6 Å². The van der Waals surface area contributed by atoms with Crippen molar-refractivity contribution in [2.45, 2.75) is 56.7 Å². The van der Waals surface area contributed by atoms with Crippen LogP contribution in [-0.2, 0) is 6.42 Å². The molecule has 9 heteroatoms. The fraction of sp³-hybridized carbons (Fsp3) is 0.467. The highest BCUT2D eigenvalue weighted by Gasteiger charge is 2.49. The summed E-state index contributed by atoms with van der Waals surface area (Å²) in [5, 5.41) is 10.2. The smallest absolute Gasteiger partial charge is 0.319 e. The maximum atomic E-state index is 16.4. The van der Waals surface area contributed by atoms with Crippen LogP contribution in [0.15, 0.2) is 30.5 Å². The Morgan fingerprint density at radius 1 is 1.13 bits per heavy atom. The average Bonchev–Trinajstić information content (AvgIpc) is 3.64. The fourth-order valence-electron chi connectivity index (χ4n) is 6.98. The van der Waals surface area contributed by atoms with Gasteiger partial charge in [0.1, 0.15) is 29.8 Å². The zero-order chi connectivity index (χ0) is 26.6. The molecule has 3 fully saturated rings. The number of nitriles is 1. The topological polar surface area (TPSA) is 78.2 Å². The quantitative estimate of drug-likeness (QED) is 0.463. The van der Waals surface area contributed by atoms with Crippen LogP contribution >= 0.6 is 0 Å². The van der Waals surface area contributed by atoms with Gasteiger partial charge in [-0.05, 0) is 56.7 Å². The molecule has 0 spiro atoms. The minimum absolute atomic E-state index is 0.112. The fourth-order valence-corrected chi connectivity index (χ4v) is 6.98. The number of nitrogens with zero attached hydrogens (tertiary/aromatic N) is 6. The van der Waals surface area contributed by atoms with E-state index in [4.69, 9.17) is 9.72 Å². The van der Waals surface area contributed by atoms with Crippen molar-refractivity contribution in [3.05, 3.63) is 58.7 Å². The number of hydrogen-bond acceptors (Lipinski definition) is 7. The normalized spacial score (nSPS) is 24.5. The zero-order valence-electron chi connectivity index (χ0n) is 21.8. The van der Waals surface area contributed by atoms with Gasteiger partial charge in [-0.1, -0.05) is 18.2 Å². The van der Waals surface area contributed by atoms with Crippen LogP contribution in [0.1, 0.15) is 60.9 Å². The second kappa shape index (κ2) is 9.53. The highest BCUT2D eigenvalue weighted by Crippen LogP contribution is 2.41. The van der Waals surface area contributed by atoms with Gasteiger partial charge in [0.15, 0.2) is 5.82 Å². The molecule has 7 nitrogen and oxygen atoms in total.